The Morgan fingerprint density at radius 3 is 2.64 bits per heavy atom. The van der Waals surface area contributed by atoms with Gasteiger partial charge in [-0.25, -0.2) is 5.43 Å². The van der Waals surface area contributed by atoms with Crippen molar-refractivity contribution in [2.45, 2.75) is 13.3 Å². The Hall–Kier alpha value is -2.89. The largest absolute Gasteiger partial charge is 0.484 e. The number of hydrogen-bond donors (Lipinski definition) is 2. The van der Waals surface area contributed by atoms with Crippen LogP contribution >= 0.6 is 0 Å². The van der Waals surface area contributed by atoms with Crippen molar-refractivity contribution in [2.75, 3.05) is 6.61 Å². The zero-order valence-electron chi connectivity index (χ0n) is 12.2. The van der Waals surface area contributed by atoms with Gasteiger partial charge in [-0.2, -0.15) is 5.10 Å². The molecule has 3 N–H and O–H groups in total. The summed E-state index contributed by atoms with van der Waals surface area (Å²) in [5.41, 5.74) is 7.77. The Kier molecular flexibility index (Phi) is 5.08. The number of amides is 2. The van der Waals surface area contributed by atoms with Crippen LogP contribution in [0.15, 0.2) is 47.6 Å². The van der Waals surface area contributed by atoms with E-state index in [-0.39, 0.29) is 13.0 Å². The first-order valence-corrected chi connectivity index (χ1v) is 6.76. The Labute approximate surface area is 127 Å². The molecule has 22 heavy (non-hydrogen) atoms. The third kappa shape index (κ3) is 4.59. The molecule has 0 saturated heterocycles. The zero-order chi connectivity index (χ0) is 15.9. The third-order valence-electron chi connectivity index (χ3n) is 2.89. The number of hydrogen-bond acceptors (Lipinski definition) is 4. The van der Waals surface area contributed by atoms with Crippen molar-refractivity contribution in [3.8, 4) is 5.75 Å². The van der Waals surface area contributed by atoms with E-state index in [9.17, 15) is 9.59 Å². The molecule has 0 fully saturated rings. The molecule has 0 aliphatic heterocycles. The van der Waals surface area contributed by atoms with E-state index in [0.717, 1.165) is 10.8 Å². The van der Waals surface area contributed by atoms with Crippen LogP contribution in [-0.2, 0) is 9.59 Å². The summed E-state index contributed by atoms with van der Waals surface area (Å²) in [5.74, 6) is -0.299. The number of nitrogens with two attached hydrogens (primary N) is 1. The second-order valence-corrected chi connectivity index (χ2v) is 4.82. The normalized spacial score (nSPS) is 11.2. The first-order valence-electron chi connectivity index (χ1n) is 6.76. The zero-order valence-corrected chi connectivity index (χ0v) is 12.2. The maximum atomic E-state index is 11.6. The van der Waals surface area contributed by atoms with Crippen molar-refractivity contribution in [2.24, 2.45) is 10.8 Å². The van der Waals surface area contributed by atoms with Crippen LogP contribution in [0.4, 0.5) is 0 Å². The number of ether oxygens (including phenoxy) is 1. The number of nitrogens with one attached hydrogen (secondary N) is 1. The van der Waals surface area contributed by atoms with Gasteiger partial charge < -0.3 is 10.5 Å². The fourth-order valence-electron chi connectivity index (χ4n) is 1.89. The highest BCUT2D eigenvalue weighted by molar-refractivity contribution is 5.99. The van der Waals surface area contributed by atoms with E-state index in [1.165, 1.54) is 0 Å². The number of carbonyl (C=O) groups excluding carboxylic acids is 2. The second kappa shape index (κ2) is 7.21. The number of benzene rings is 2. The van der Waals surface area contributed by atoms with Crippen LogP contribution in [0, 0.1) is 0 Å². The van der Waals surface area contributed by atoms with Crippen molar-refractivity contribution in [3.05, 3.63) is 42.5 Å². The lowest BCUT2D eigenvalue weighted by atomic mass is 10.1. The summed E-state index contributed by atoms with van der Waals surface area (Å²) in [6.07, 6.45) is 0.00577. The van der Waals surface area contributed by atoms with Crippen LogP contribution in [0.5, 0.6) is 5.75 Å². The van der Waals surface area contributed by atoms with Crippen molar-refractivity contribution >= 4 is 28.3 Å². The molecule has 0 saturated carbocycles. The van der Waals surface area contributed by atoms with Gasteiger partial charge in [0, 0.05) is 5.71 Å². The smallest absolute Gasteiger partial charge is 0.277 e. The van der Waals surface area contributed by atoms with Gasteiger partial charge in [-0.3, -0.25) is 9.59 Å². The fourth-order valence-corrected chi connectivity index (χ4v) is 1.89. The predicted octanol–water partition coefficient (Wildman–Crippen LogP) is 1.59. The lowest BCUT2D eigenvalue weighted by Gasteiger charge is -2.06. The number of fused-ring (bicyclic) bond motifs is 1. The summed E-state index contributed by atoms with van der Waals surface area (Å²) in [5, 5.41) is 5.90. The van der Waals surface area contributed by atoms with Crippen LogP contribution in [-0.4, -0.2) is 24.1 Å². The highest BCUT2D eigenvalue weighted by Crippen LogP contribution is 2.20. The van der Waals surface area contributed by atoms with Crippen LogP contribution in [0.25, 0.3) is 10.8 Å². The van der Waals surface area contributed by atoms with Crippen LogP contribution < -0.4 is 15.9 Å². The Morgan fingerprint density at radius 1 is 1.18 bits per heavy atom. The first kappa shape index (κ1) is 15.5. The lowest BCUT2D eigenvalue weighted by molar-refractivity contribution is -0.123. The molecule has 6 heteroatoms. The minimum atomic E-state index is -0.497. The molecule has 0 unspecified atom stereocenters. The van der Waals surface area contributed by atoms with E-state index in [0.29, 0.717) is 11.5 Å². The van der Waals surface area contributed by atoms with Crippen molar-refractivity contribution in [1.82, 2.24) is 5.43 Å². The minimum Gasteiger partial charge on any atom is -0.484 e. The van der Waals surface area contributed by atoms with Crippen LogP contribution in [0.2, 0.25) is 0 Å². The molecular weight excluding hydrogens is 282 g/mol. The molecule has 0 heterocycles. The summed E-state index contributed by atoms with van der Waals surface area (Å²) in [7, 11) is 0. The van der Waals surface area contributed by atoms with E-state index in [1.54, 1.807) is 13.0 Å². The number of rotatable bonds is 6. The average molecular weight is 299 g/mol. The molecule has 2 amide bonds. The Bertz CT molecular complexity index is 725. The summed E-state index contributed by atoms with van der Waals surface area (Å²) < 4.78 is 5.42. The molecule has 0 radical (unpaired) electrons. The molecular formula is C16H17N3O3. The number of carbonyl (C=O) groups is 2. The summed E-state index contributed by atoms with van der Waals surface area (Å²) in [6, 6.07) is 13.5. The molecule has 0 bridgehead atoms. The summed E-state index contributed by atoms with van der Waals surface area (Å²) in [4.78, 5) is 22.3. The van der Waals surface area contributed by atoms with Crippen LogP contribution in [0.1, 0.15) is 13.3 Å². The van der Waals surface area contributed by atoms with E-state index in [2.05, 4.69) is 10.5 Å². The maximum absolute atomic E-state index is 11.6. The fraction of sp³-hybridized carbons (Fsp3) is 0.188. The molecule has 2 aromatic carbocycles. The van der Waals surface area contributed by atoms with Gasteiger partial charge in [-0.1, -0.05) is 30.3 Å². The Morgan fingerprint density at radius 2 is 1.91 bits per heavy atom. The molecule has 0 spiro atoms. The monoisotopic (exact) mass is 299 g/mol. The van der Waals surface area contributed by atoms with Gasteiger partial charge >= 0.3 is 0 Å². The quantitative estimate of drug-likeness (QED) is 0.626. The standard InChI is InChI=1S/C16H17N3O3/c1-11(8-15(17)20)18-19-16(21)10-22-14-7-6-12-4-2-3-5-13(12)9-14/h2-7,9H,8,10H2,1H3,(H2,17,20)(H,19,21)/b18-11-. The number of nitrogens with zero attached hydrogens (tertiary/aromatic N) is 1. The molecule has 0 aromatic heterocycles. The molecule has 0 atom stereocenters. The SMILES string of the molecule is C/C(CC(N)=O)=N/NC(=O)COc1ccc2ccccc2c1. The van der Waals surface area contributed by atoms with Crippen molar-refractivity contribution in [3.63, 3.8) is 0 Å². The lowest BCUT2D eigenvalue weighted by Crippen LogP contribution is -2.26. The van der Waals surface area contributed by atoms with E-state index in [4.69, 9.17) is 10.5 Å². The van der Waals surface area contributed by atoms with Crippen molar-refractivity contribution in [1.29, 1.82) is 0 Å². The first-order chi connectivity index (χ1) is 10.5. The highest BCUT2D eigenvalue weighted by Gasteiger charge is 2.04. The number of primary amides is 1. The predicted molar refractivity (Wildman–Crippen MR) is 84.5 cm³/mol. The Balaban J connectivity index is 1.88. The van der Waals surface area contributed by atoms with Crippen molar-refractivity contribution < 1.29 is 14.3 Å². The van der Waals surface area contributed by atoms with Gasteiger partial charge in [0.25, 0.3) is 5.91 Å². The molecule has 2 aromatic rings. The average Bonchev–Trinajstić information content (AvgIpc) is 2.50. The molecule has 6 nitrogen and oxygen atoms in total. The van der Waals surface area contributed by atoms with E-state index < -0.39 is 11.8 Å². The van der Waals surface area contributed by atoms with Crippen LogP contribution in [0.3, 0.4) is 0 Å². The third-order valence-corrected chi connectivity index (χ3v) is 2.89. The van der Waals surface area contributed by atoms with Gasteiger partial charge in [0.05, 0.1) is 6.42 Å². The van der Waals surface area contributed by atoms with Gasteiger partial charge in [0.2, 0.25) is 5.91 Å². The summed E-state index contributed by atoms with van der Waals surface area (Å²) >= 11 is 0. The molecule has 2 rings (SSSR count). The number of hydrazone groups is 1. The maximum Gasteiger partial charge on any atom is 0.277 e. The molecule has 0 aliphatic carbocycles. The van der Waals surface area contributed by atoms with E-state index >= 15 is 0 Å². The van der Waals surface area contributed by atoms with Gasteiger partial charge in [-0.15, -0.1) is 0 Å². The molecule has 114 valence electrons. The molecule has 0 aliphatic rings. The highest BCUT2D eigenvalue weighted by atomic mass is 16.5. The second-order valence-electron chi connectivity index (χ2n) is 4.82. The van der Waals surface area contributed by atoms with Gasteiger partial charge in [0.15, 0.2) is 6.61 Å². The van der Waals surface area contributed by atoms with Gasteiger partial charge in [0.1, 0.15) is 5.75 Å². The minimum absolute atomic E-state index is 0.00577. The van der Waals surface area contributed by atoms with Gasteiger partial charge in [-0.05, 0) is 29.8 Å². The topological polar surface area (TPSA) is 93.8 Å². The van der Waals surface area contributed by atoms with E-state index in [1.807, 2.05) is 36.4 Å². The summed E-state index contributed by atoms with van der Waals surface area (Å²) in [6.45, 7) is 1.45.